The molecule has 0 spiro atoms. The summed E-state index contributed by atoms with van der Waals surface area (Å²) in [7, 11) is 0. The molecule has 0 bridgehead atoms. The molecule has 0 N–H and O–H groups in total. The van der Waals surface area contributed by atoms with Crippen LogP contribution in [0.5, 0.6) is 0 Å². The van der Waals surface area contributed by atoms with Crippen LogP contribution in [0, 0.1) is 0 Å². The largest absolute Gasteiger partial charge is 0.456 e. The van der Waals surface area contributed by atoms with Gasteiger partial charge in [-0.15, -0.1) is 5.10 Å². The molecule has 4 aromatic heterocycles. The zero-order valence-electron chi connectivity index (χ0n) is 30.0. The van der Waals surface area contributed by atoms with Gasteiger partial charge in [0.15, 0.2) is 0 Å². The normalized spacial score (nSPS) is 11.9. The first-order chi connectivity index (χ1) is 27.8. The third kappa shape index (κ3) is 4.44. The van der Waals surface area contributed by atoms with Crippen LogP contribution in [0.2, 0.25) is 0 Å². The second-order valence-electron chi connectivity index (χ2n) is 14.3. The number of aromatic nitrogens is 5. The predicted molar refractivity (Wildman–Crippen MR) is 228 cm³/mol. The van der Waals surface area contributed by atoms with Crippen LogP contribution >= 0.6 is 0 Å². The van der Waals surface area contributed by atoms with E-state index >= 15 is 0 Å². The van der Waals surface area contributed by atoms with Gasteiger partial charge in [-0.2, -0.15) is 0 Å². The first-order valence-corrected chi connectivity index (χ1v) is 18.8. The highest BCUT2D eigenvalue weighted by Gasteiger charge is 2.23. The van der Waals surface area contributed by atoms with E-state index in [1.807, 2.05) is 41.1 Å². The number of furan rings is 1. The van der Waals surface area contributed by atoms with Crippen LogP contribution in [0.25, 0.3) is 105 Å². The Kier molecular flexibility index (Phi) is 6.53. The Balaban J connectivity index is 1.13. The molecular formula is C50H31N5O. The lowest BCUT2D eigenvalue weighted by molar-refractivity contribution is 0.669. The molecule has 0 saturated carbocycles. The van der Waals surface area contributed by atoms with Crippen molar-refractivity contribution in [2.45, 2.75) is 0 Å². The van der Waals surface area contributed by atoms with Gasteiger partial charge in [-0.05, 0) is 48.5 Å². The highest BCUT2D eigenvalue weighted by atomic mass is 16.3. The van der Waals surface area contributed by atoms with Gasteiger partial charge in [0.1, 0.15) is 22.6 Å². The molecule has 0 unspecified atom stereocenters. The first-order valence-electron chi connectivity index (χ1n) is 18.8. The smallest absolute Gasteiger partial charge is 0.137 e. The van der Waals surface area contributed by atoms with E-state index in [2.05, 4.69) is 161 Å². The molecule has 0 aliphatic rings. The SMILES string of the molecule is c1ccc(-c2nnn(-c3cccc4c5ccccc5n(-c5cccc(-n6c7ccccc7c7cc8c(cc76)oc6ccccc68)c5)c34)c2-c2ccccc2)cc1. The maximum atomic E-state index is 6.42. The van der Waals surface area contributed by atoms with Gasteiger partial charge in [0.2, 0.25) is 0 Å². The predicted octanol–water partition coefficient (Wildman–Crippen LogP) is 12.7. The van der Waals surface area contributed by atoms with E-state index in [1.165, 1.54) is 16.2 Å². The van der Waals surface area contributed by atoms with Crippen molar-refractivity contribution in [2.75, 3.05) is 0 Å². The summed E-state index contributed by atoms with van der Waals surface area (Å²) in [5.41, 5.74) is 13.1. The summed E-state index contributed by atoms with van der Waals surface area (Å²) in [6.45, 7) is 0. The Morgan fingerprint density at radius 3 is 1.79 bits per heavy atom. The molecule has 6 nitrogen and oxygen atoms in total. The quantitative estimate of drug-likeness (QED) is 0.178. The number of fused-ring (bicyclic) bond motifs is 9. The molecule has 56 heavy (non-hydrogen) atoms. The molecule has 12 aromatic rings. The van der Waals surface area contributed by atoms with Gasteiger partial charge in [0.05, 0.1) is 27.8 Å². The highest BCUT2D eigenvalue weighted by Crippen LogP contribution is 2.41. The molecule has 0 saturated heterocycles. The fraction of sp³-hybridized carbons (Fsp3) is 0. The Hall–Kier alpha value is -7.70. The lowest BCUT2D eigenvalue weighted by Crippen LogP contribution is -2.04. The summed E-state index contributed by atoms with van der Waals surface area (Å²) in [5, 5.41) is 16.7. The average molecular weight is 718 g/mol. The fourth-order valence-electron chi connectivity index (χ4n) is 8.77. The lowest BCUT2D eigenvalue weighted by Gasteiger charge is -2.15. The molecule has 4 heterocycles. The van der Waals surface area contributed by atoms with Crippen LogP contribution in [0.3, 0.4) is 0 Å². The Morgan fingerprint density at radius 1 is 0.393 bits per heavy atom. The van der Waals surface area contributed by atoms with E-state index in [4.69, 9.17) is 14.7 Å². The van der Waals surface area contributed by atoms with Crippen molar-refractivity contribution in [3.05, 3.63) is 188 Å². The van der Waals surface area contributed by atoms with Gasteiger partial charge in [-0.1, -0.05) is 139 Å². The lowest BCUT2D eigenvalue weighted by atomic mass is 10.0. The Morgan fingerprint density at radius 2 is 1.00 bits per heavy atom. The summed E-state index contributed by atoms with van der Waals surface area (Å²) in [5.74, 6) is 0. The van der Waals surface area contributed by atoms with Crippen molar-refractivity contribution in [1.82, 2.24) is 24.1 Å². The summed E-state index contributed by atoms with van der Waals surface area (Å²) >= 11 is 0. The van der Waals surface area contributed by atoms with Crippen LogP contribution in [0.15, 0.2) is 192 Å². The molecule has 0 aliphatic heterocycles. The van der Waals surface area contributed by atoms with Gasteiger partial charge >= 0.3 is 0 Å². The summed E-state index contributed by atoms with van der Waals surface area (Å²) in [6, 6.07) is 66.2. The summed E-state index contributed by atoms with van der Waals surface area (Å²) in [4.78, 5) is 0. The maximum absolute atomic E-state index is 6.42. The van der Waals surface area contributed by atoms with E-state index in [9.17, 15) is 0 Å². The van der Waals surface area contributed by atoms with E-state index in [1.54, 1.807) is 0 Å². The molecule has 0 atom stereocenters. The molecule has 0 fully saturated rings. The standard InChI is InChI=1S/C50H31N5O/c1-3-15-32(16-4-1)48-49(33-17-5-2-6-18-33)55(52-51-48)44-27-14-24-39-36-21-7-11-26-43(36)54(50(39)44)35-20-13-19-34(29-35)53-42-25-10-8-22-37(42)40-30-41-38-23-9-12-28-46(38)56-47(41)31-45(40)53/h1-31H. The molecule has 6 heteroatoms. The third-order valence-electron chi connectivity index (χ3n) is 11.2. The number of hydrogen-bond donors (Lipinski definition) is 0. The topological polar surface area (TPSA) is 53.7 Å². The minimum Gasteiger partial charge on any atom is -0.456 e. The van der Waals surface area contributed by atoms with Gasteiger partial charge in [-0.3, -0.25) is 0 Å². The second kappa shape index (κ2) is 11.9. The minimum atomic E-state index is 0.836. The molecule has 0 amide bonds. The first kappa shape index (κ1) is 30.7. The van der Waals surface area contributed by atoms with Crippen molar-refractivity contribution < 1.29 is 4.42 Å². The molecule has 0 aliphatic carbocycles. The van der Waals surface area contributed by atoms with Crippen LogP contribution < -0.4 is 0 Å². The fourth-order valence-corrected chi connectivity index (χ4v) is 8.77. The van der Waals surface area contributed by atoms with Crippen LogP contribution in [-0.4, -0.2) is 24.1 Å². The van der Waals surface area contributed by atoms with E-state index in [-0.39, 0.29) is 0 Å². The van der Waals surface area contributed by atoms with E-state index in [0.29, 0.717) is 0 Å². The molecule has 262 valence electrons. The third-order valence-corrected chi connectivity index (χ3v) is 11.2. The van der Waals surface area contributed by atoms with Crippen molar-refractivity contribution in [2.24, 2.45) is 0 Å². The average Bonchev–Trinajstić information content (AvgIpc) is 4.03. The van der Waals surface area contributed by atoms with Crippen LogP contribution in [-0.2, 0) is 0 Å². The maximum Gasteiger partial charge on any atom is 0.137 e. The monoisotopic (exact) mass is 717 g/mol. The zero-order chi connectivity index (χ0) is 36.7. The van der Waals surface area contributed by atoms with Gasteiger partial charge in [0, 0.05) is 60.9 Å². The van der Waals surface area contributed by atoms with Crippen LogP contribution in [0.4, 0.5) is 0 Å². The minimum absolute atomic E-state index is 0.836. The van der Waals surface area contributed by atoms with Crippen molar-refractivity contribution >= 4 is 65.6 Å². The molecule has 0 radical (unpaired) electrons. The highest BCUT2D eigenvalue weighted by molar-refractivity contribution is 6.17. The summed E-state index contributed by atoms with van der Waals surface area (Å²) < 4.78 is 13.2. The number of para-hydroxylation sites is 4. The molecular weight excluding hydrogens is 687 g/mol. The summed E-state index contributed by atoms with van der Waals surface area (Å²) in [6.07, 6.45) is 0. The Labute approximate surface area is 320 Å². The van der Waals surface area contributed by atoms with Crippen molar-refractivity contribution in [1.29, 1.82) is 0 Å². The second-order valence-corrected chi connectivity index (χ2v) is 14.3. The molecule has 8 aromatic carbocycles. The van der Waals surface area contributed by atoms with Crippen LogP contribution in [0.1, 0.15) is 0 Å². The van der Waals surface area contributed by atoms with Gasteiger partial charge in [-0.25, -0.2) is 4.68 Å². The number of hydrogen-bond acceptors (Lipinski definition) is 3. The number of nitrogens with zero attached hydrogens (tertiary/aromatic N) is 5. The van der Waals surface area contributed by atoms with E-state index < -0.39 is 0 Å². The van der Waals surface area contributed by atoms with Crippen molar-refractivity contribution in [3.63, 3.8) is 0 Å². The van der Waals surface area contributed by atoms with Gasteiger partial charge < -0.3 is 13.6 Å². The van der Waals surface area contributed by atoms with E-state index in [0.717, 1.165) is 89.0 Å². The van der Waals surface area contributed by atoms with Gasteiger partial charge in [0.25, 0.3) is 0 Å². The zero-order valence-corrected chi connectivity index (χ0v) is 30.0. The number of rotatable bonds is 5. The number of benzene rings is 8. The Bertz CT molecular complexity index is 3480. The molecule has 12 rings (SSSR count). The van der Waals surface area contributed by atoms with Crippen molar-refractivity contribution in [3.8, 4) is 39.6 Å².